The summed E-state index contributed by atoms with van der Waals surface area (Å²) in [6.45, 7) is 0.310. The molecule has 1 fully saturated rings. The van der Waals surface area contributed by atoms with E-state index < -0.39 is 0 Å². The van der Waals surface area contributed by atoms with Crippen molar-refractivity contribution in [3.8, 4) is 12.3 Å². The third kappa shape index (κ3) is 2.23. The molecule has 0 heterocycles. The average Bonchev–Trinajstić information content (AvgIpc) is 2.16. The predicted molar refractivity (Wildman–Crippen MR) is 47.6 cm³/mol. The molecular formula is C10H16O2. The second-order valence-electron chi connectivity index (χ2n) is 3.25. The molecule has 0 spiro atoms. The van der Waals surface area contributed by atoms with Gasteiger partial charge >= 0.3 is 0 Å². The molecule has 2 nitrogen and oxygen atoms in total. The van der Waals surface area contributed by atoms with E-state index in [9.17, 15) is 0 Å². The summed E-state index contributed by atoms with van der Waals surface area (Å²) >= 11 is 0. The highest BCUT2D eigenvalue weighted by atomic mass is 16.7. The number of hydrogen-bond acceptors (Lipinski definition) is 2. The first-order valence-electron chi connectivity index (χ1n) is 4.44. The summed E-state index contributed by atoms with van der Waals surface area (Å²) < 4.78 is 10.4. The van der Waals surface area contributed by atoms with Crippen LogP contribution in [0.3, 0.4) is 0 Å². The minimum absolute atomic E-state index is 0.310. The van der Waals surface area contributed by atoms with E-state index in [0.717, 1.165) is 12.8 Å². The molecule has 1 aliphatic rings. The Morgan fingerprint density at radius 1 is 1.33 bits per heavy atom. The first kappa shape index (κ1) is 9.57. The highest BCUT2D eigenvalue weighted by Gasteiger charge is 2.30. The fourth-order valence-electron chi connectivity index (χ4n) is 1.62. The molecule has 2 heteroatoms. The lowest BCUT2D eigenvalue weighted by Crippen LogP contribution is -2.33. The van der Waals surface area contributed by atoms with Crippen LogP contribution in [0.4, 0.5) is 0 Å². The van der Waals surface area contributed by atoms with Gasteiger partial charge in [-0.3, -0.25) is 0 Å². The number of ether oxygens (including phenoxy) is 2. The maximum absolute atomic E-state index is 5.51. The topological polar surface area (TPSA) is 18.5 Å². The van der Waals surface area contributed by atoms with Crippen molar-refractivity contribution in [1.82, 2.24) is 0 Å². The Bertz CT molecular complexity index is 163. The van der Waals surface area contributed by atoms with Gasteiger partial charge in [0.1, 0.15) is 12.4 Å². The minimum atomic E-state index is -0.325. The van der Waals surface area contributed by atoms with E-state index in [-0.39, 0.29) is 5.60 Å². The first-order chi connectivity index (χ1) is 5.83. The van der Waals surface area contributed by atoms with Gasteiger partial charge in [0.25, 0.3) is 0 Å². The van der Waals surface area contributed by atoms with E-state index in [1.807, 2.05) is 0 Å². The van der Waals surface area contributed by atoms with E-state index in [0.29, 0.717) is 6.79 Å². The van der Waals surface area contributed by atoms with Crippen molar-refractivity contribution in [2.75, 3.05) is 13.9 Å². The zero-order valence-electron chi connectivity index (χ0n) is 7.64. The molecule has 0 aliphatic heterocycles. The highest BCUT2D eigenvalue weighted by Crippen LogP contribution is 2.30. The summed E-state index contributed by atoms with van der Waals surface area (Å²) in [4.78, 5) is 0. The van der Waals surface area contributed by atoms with Crippen LogP contribution in [0.25, 0.3) is 0 Å². The van der Waals surface area contributed by atoms with Crippen LogP contribution in [0, 0.1) is 12.3 Å². The Kier molecular flexibility index (Phi) is 3.58. The van der Waals surface area contributed by atoms with Gasteiger partial charge in [-0.05, 0) is 25.7 Å². The fourth-order valence-corrected chi connectivity index (χ4v) is 1.62. The molecule has 0 aromatic rings. The fraction of sp³-hybridized carbons (Fsp3) is 0.800. The highest BCUT2D eigenvalue weighted by molar-refractivity contribution is 5.09. The Balaban J connectivity index is 2.44. The van der Waals surface area contributed by atoms with Gasteiger partial charge in [-0.15, -0.1) is 6.42 Å². The Morgan fingerprint density at radius 2 is 2.00 bits per heavy atom. The lowest BCUT2D eigenvalue weighted by atomic mass is 9.85. The van der Waals surface area contributed by atoms with Gasteiger partial charge in [0.2, 0.25) is 0 Å². The summed E-state index contributed by atoms with van der Waals surface area (Å²) in [5, 5.41) is 0. The largest absolute Gasteiger partial charge is 0.359 e. The molecule has 0 unspecified atom stereocenters. The minimum Gasteiger partial charge on any atom is -0.359 e. The van der Waals surface area contributed by atoms with Crippen LogP contribution >= 0.6 is 0 Å². The smallest absolute Gasteiger partial charge is 0.148 e. The molecule has 0 aromatic carbocycles. The number of terminal acetylenes is 1. The summed E-state index contributed by atoms with van der Waals surface area (Å²) in [6, 6.07) is 0. The molecule has 0 saturated heterocycles. The SMILES string of the molecule is C#CC1(OCOC)CCCCC1. The molecule has 0 bridgehead atoms. The normalized spacial score (nSPS) is 21.7. The van der Waals surface area contributed by atoms with Gasteiger partial charge in [-0.25, -0.2) is 0 Å². The van der Waals surface area contributed by atoms with E-state index in [1.54, 1.807) is 7.11 Å². The molecule has 1 aliphatic carbocycles. The zero-order chi connectivity index (χ0) is 8.86. The van der Waals surface area contributed by atoms with Gasteiger partial charge in [0.15, 0.2) is 0 Å². The molecule has 0 aromatic heterocycles. The molecule has 1 rings (SSSR count). The molecular weight excluding hydrogens is 152 g/mol. The van der Waals surface area contributed by atoms with Gasteiger partial charge in [-0.2, -0.15) is 0 Å². The van der Waals surface area contributed by atoms with Crippen LogP contribution < -0.4 is 0 Å². The van der Waals surface area contributed by atoms with Gasteiger partial charge < -0.3 is 9.47 Å². The summed E-state index contributed by atoms with van der Waals surface area (Å²) in [7, 11) is 1.62. The third-order valence-electron chi connectivity index (χ3n) is 2.38. The summed E-state index contributed by atoms with van der Waals surface area (Å²) in [5.74, 6) is 2.75. The lowest BCUT2D eigenvalue weighted by molar-refractivity contribution is -0.116. The molecule has 12 heavy (non-hydrogen) atoms. The first-order valence-corrected chi connectivity index (χ1v) is 4.44. The average molecular weight is 168 g/mol. The van der Waals surface area contributed by atoms with Crippen molar-refractivity contribution < 1.29 is 9.47 Å². The number of hydrogen-bond donors (Lipinski definition) is 0. The van der Waals surface area contributed by atoms with Gasteiger partial charge in [-0.1, -0.05) is 12.3 Å². The van der Waals surface area contributed by atoms with Crippen LogP contribution in [0.1, 0.15) is 32.1 Å². The maximum Gasteiger partial charge on any atom is 0.148 e. The number of methoxy groups -OCH3 is 1. The van der Waals surface area contributed by atoms with Crippen molar-refractivity contribution in [3.63, 3.8) is 0 Å². The van der Waals surface area contributed by atoms with Crippen molar-refractivity contribution >= 4 is 0 Å². The summed E-state index contributed by atoms with van der Waals surface area (Å²) in [6.07, 6.45) is 11.0. The lowest BCUT2D eigenvalue weighted by Gasteiger charge is -2.31. The molecule has 0 atom stereocenters. The van der Waals surface area contributed by atoms with Crippen LogP contribution in [-0.2, 0) is 9.47 Å². The maximum atomic E-state index is 5.51. The van der Waals surface area contributed by atoms with Crippen LogP contribution in [0.5, 0.6) is 0 Å². The van der Waals surface area contributed by atoms with E-state index in [2.05, 4.69) is 5.92 Å². The Morgan fingerprint density at radius 3 is 2.50 bits per heavy atom. The van der Waals surface area contributed by atoms with Gasteiger partial charge in [0.05, 0.1) is 0 Å². The van der Waals surface area contributed by atoms with Gasteiger partial charge in [0, 0.05) is 7.11 Å². The molecule has 1 saturated carbocycles. The van der Waals surface area contributed by atoms with Crippen LogP contribution in [-0.4, -0.2) is 19.5 Å². The quantitative estimate of drug-likeness (QED) is 0.473. The number of rotatable bonds is 3. The zero-order valence-corrected chi connectivity index (χ0v) is 7.64. The predicted octanol–water partition coefficient (Wildman–Crippen LogP) is 1.94. The van der Waals surface area contributed by atoms with E-state index >= 15 is 0 Å². The standard InChI is InChI=1S/C10H16O2/c1-3-10(12-9-11-2)7-5-4-6-8-10/h1H,4-9H2,2H3. The van der Waals surface area contributed by atoms with Crippen molar-refractivity contribution in [2.24, 2.45) is 0 Å². The van der Waals surface area contributed by atoms with Crippen molar-refractivity contribution in [1.29, 1.82) is 0 Å². The Labute approximate surface area is 74.2 Å². The second-order valence-corrected chi connectivity index (χ2v) is 3.25. The summed E-state index contributed by atoms with van der Waals surface area (Å²) in [5.41, 5.74) is -0.325. The monoisotopic (exact) mass is 168 g/mol. The van der Waals surface area contributed by atoms with Crippen molar-refractivity contribution in [3.05, 3.63) is 0 Å². The molecule has 0 radical (unpaired) electrons. The van der Waals surface area contributed by atoms with Crippen LogP contribution in [0.15, 0.2) is 0 Å². The van der Waals surface area contributed by atoms with Crippen molar-refractivity contribution in [2.45, 2.75) is 37.7 Å². The van der Waals surface area contributed by atoms with E-state index in [4.69, 9.17) is 15.9 Å². The Hall–Kier alpha value is -0.520. The molecule has 0 amide bonds. The van der Waals surface area contributed by atoms with E-state index in [1.165, 1.54) is 19.3 Å². The second kappa shape index (κ2) is 4.49. The molecule has 0 N–H and O–H groups in total. The van der Waals surface area contributed by atoms with Crippen LogP contribution in [0.2, 0.25) is 0 Å². The molecule has 68 valence electrons. The third-order valence-corrected chi connectivity index (χ3v) is 2.38.